The molecule has 0 aliphatic rings. The van der Waals surface area contributed by atoms with E-state index in [2.05, 4.69) is 5.32 Å². The normalized spacial score (nSPS) is 12.4. The van der Waals surface area contributed by atoms with Gasteiger partial charge in [-0.25, -0.2) is 9.18 Å². The molecular weight excluding hydrogens is 409 g/mol. The Kier molecular flexibility index (Phi) is 7.14. The molecule has 2 aromatic carbocycles. The van der Waals surface area contributed by atoms with E-state index in [9.17, 15) is 14.7 Å². The second kappa shape index (κ2) is 9.04. The lowest BCUT2D eigenvalue weighted by molar-refractivity contribution is -0.137. The Morgan fingerprint density at radius 2 is 1.77 bits per heavy atom. The van der Waals surface area contributed by atoms with Crippen LogP contribution in [0.5, 0.6) is 0 Å². The van der Waals surface area contributed by atoms with E-state index in [1.165, 1.54) is 6.07 Å². The first-order valence-electron chi connectivity index (χ1n) is 9.57. The summed E-state index contributed by atoms with van der Waals surface area (Å²) in [6, 6.07) is 5.87. The average molecular weight is 436 g/mol. The highest BCUT2D eigenvalue weighted by Gasteiger charge is 2.26. The van der Waals surface area contributed by atoms with E-state index in [0.29, 0.717) is 16.1 Å². The number of alkyl carbamates (subject to hydrolysis) is 1. The summed E-state index contributed by atoms with van der Waals surface area (Å²) in [5.41, 5.74) is 2.89. The molecule has 2 rings (SSSR count). The van der Waals surface area contributed by atoms with E-state index in [0.717, 1.165) is 16.7 Å². The third-order valence-corrected chi connectivity index (χ3v) is 4.75. The van der Waals surface area contributed by atoms with Crippen molar-refractivity contribution >= 4 is 23.7 Å². The maximum absolute atomic E-state index is 15.0. The summed E-state index contributed by atoms with van der Waals surface area (Å²) in [4.78, 5) is 23.7. The molecule has 0 fully saturated rings. The maximum Gasteiger partial charge on any atom is 0.408 e. The maximum atomic E-state index is 15.0. The van der Waals surface area contributed by atoms with E-state index >= 15 is 4.39 Å². The van der Waals surface area contributed by atoms with Crippen molar-refractivity contribution in [2.24, 2.45) is 0 Å². The number of nitrogens with one attached hydrogen (secondary N) is 1. The summed E-state index contributed by atoms with van der Waals surface area (Å²) >= 11 is 6.46. The van der Waals surface area contributed by atoms with Gasteiger partial charge < -0.3 is 15.2 Å². The van der Waals surface area contributed by atoms with Gasteiger partial charge in [0.05, 0.1) is 12.5 Å². The first-order valence-corrected chi connectivity index (χ1v) is 9.94. The summed E-state index contributed by atoms with van der Waals surface area (Å²) < 4.78 is 20.3. The highest BCUT2D eigenvalue weighted by molar-refractivity contribution is 6.33. The quantitative estimate of drug-likeness (QED) is 0.593. The molecule has 0 bridgehead atoms. The Labute approximate surface area is 181 Å². The van der Waals surface area contributed by atoms with Gasteiger partial charge >= 0.3 is 12.1 Å². The first kappa shape index (κ1) is 23.7. The van der Waals surface area contributed by atoms with Crippen LogP contribution in [0.15, 0.2) is 24.3 Å². The standard InChI is InChI=1S/C23H27ClFNO4/c1-12-7-13(2)20(17(24)8-12)15-9-14(3)21(25)16(10-15)18(11-19(27)28)26-22(29)30-23(4,5)6/h7-10,18H,11H2,1-6H3,(H,26,29)(H,27,28)/t18-/m0/s1. The Morgan fingerprint density at radius 1 is 1.13 bits per heavy atom. The molecule has 0 unspecified atom stereocenters. The Balaban J connectivity index is 2.57. The van der Waals surface area contributed by atoms with Gasteiger partial charge in [-0.1, -0.05) is 17.7 Å². The third-order valence-electron chi connectivity index (χ3n) is 4.45. The van der Waals surface area contributed by atoms with Crippen LogP contribution in [0.25, 0.3) is 11.1 Å². The Hall–Kier alpha value is -2.60. The number of ether oxygens (including phenoxy) is 1. The van der Waals surface area contributed by atoms with E-state index in [1.807, 2.05) is 26.0 Å². The van der Waals surface area contributed by atoms with Crippen molar-refractivity contribution in [1.29, 1.82) is 0 Å². The van der Waals surface area contributed by atoms with Crippen LogP contribution in [-0.4, -0.2) is 22.8 Å². The largest absolute Gasteiger partial charge is 0.481 e. The van der Waals surface area contributed by atoms with Crippen LogP contribution in [0.4, 0.5) is 9.18 Å². The molecule has 30 heavy (non-hydrogen) atoms. The number of benzene rings is 2. The fraction of sp³-hybridized carbons (Fsp3) is 0.391. The van der Waals surface area contributed by atoms with Crippen molar-refractivity contribution in [3.05, 3.63) is 57.4 Å². The predicted octanol–water partition coefficient (Wildman–Crippen LogP) is 6.11. The number of aliphatic carboxylic acids is 1. The van der Waals surface area contributed by atoms with Crippen LogP contribution in [-0.2, 0) is 9.53 Å². The number of carbonyl (C=O) groups excluding carboxylic acids is 1. The minimum absolute atomic E-state index is 0.0642. The number of carboxylic acid groups (broad SMARTS) is 1. The zero-order chi connectivity index (χ0) is 22.8. The molecule has 0 saturated heterocycles. The number of halogens is 2. The minimum atomic E-state index is -1.18. The number of carboxylic acids is 1. The molecule has 162 valence electrons. The molecular formula is C23H27ClFNO4. The van der Waals surface area contributed by atoms with Crippen molar-refractivity contribution < 1.29 is 23.8 Å². The summed E-state index contributed by atoms with van der Waals surface area (Å²) in [5.74, 6) is -1.76. The van der Waals surface area contributed by atoms with Crippen LogP contribution >= 0.6 is 11.6 Å². The highest BCUT2D eigenvalue weighted by atomic mass is 35.5. The van der Waals surface area contributed by atoms with Gasteiger partial charge in [-0.3, -0.25) is 4.79 Å². The fourth-order valence-corrected chi connectivity index (χ4v) is 3.77. The van der Waals surface area contributed by atoms with Crippen molar-refractivity contribution in [1.82, 2.24) is 5.32 Å². The van der Waals surface area contributed by atoms with Crippen LogP contribution in [0.1, 0.15) is 55.5 Å². The molecule has 0 aliphatic carbocycles. The summed E-state index contributed by atoms with van der Waals surface area (Å²) in [5, 5.41) is 12.3. The molecule has 0 heterocycles. The summed E-state index contributed by atoms with van der Waals surface area (Å²) in [6.07, 6.45) is -1.32. The molecule has 0 aliphatic heterocycles. The molecule has 0 aromatic heterocycles. The van der Waals surface area contributed by atoms with Crippen LogP contribution in [0, 0.1) is 26.6 Å². The van der Waals surface area contributed by atoms with E-state index < -0.39 is 35.9 Å². The highest BCUT2D eigenvalue weighted by Crippen LogP contribution is 2.36. The molecule has 0 spiro atoms. The molecule has 0 radical (unpaired) electrons. The van der Waals surface area contributed by atoms with Crippen LogP contribution < -0.4 is 5.32 Å². The zero-order valence-corrected chi connectivity index (χ0v) is 18.8. The SMILES string of the molecule is Cc1cc(C)c(-c2cc(C)c(F)c([C@H](CC(=O)O)NC(=O)OC(C)(C)C)c2)c(Cl)c1. The lowest BCUT2D eigenvalue weighted by atomic mass is 9.92. The lowest BCUT2D eigenvalue weighted by Crippen LogP contribution is -2.36. The van der Waals surface area contributed by atoms with Gasteiger partial charge in [-0.15, -0.1) is 0 Å². The Bertz CT molecular complexity index is 959. The van der Waals surface area contributed by atoms with Gasteiger partial charge in [0.2, 0.25) is 0 Å². The minimum Gasteiger partial charge on any atom is -0.481 e. The summed E-state index contributed by atoms with van der Waals surface area (Å²) in [6.45, 7) is 10.5. The second-order valence-electron chi connectivity index (χ2n) is 8.43. The van der Waals surface area contributed by atoms with E-state index in [4.69, 9.17) is 16.3 Å². The second-order valence-corrected chi connectivity index (χ2v) is 8.84. The molecule has 0 saturated carbocycles. The molecule has 1 amide bonds. The number of hydrogen-bond acceptors (Lipinski definition) is 3. The first-order chi connectivity index (χ1) is 13.8. The monoisotopic (exact) mass is 435 g/mol. The fourth-order valence-electron chi connectivity index (χ4n) is 3.34. The zero-order valence-electron chi connectivity index (χ0n) is 18.0. The van der Waals surface area contributed by atoms with E-state index in [-0.39, 0.29) is 5.56 Å². The molecule has 5 nitrogen and oxygen atoms in total. The average Bonchev–Trinajstić information content (AvgIpc) is 2.54. The van der Waals surface area contributed by atoms with E-state index in [1.54, 1.807) is 33.8 Å². The van der Waals surface area contributed by atoms with Gasteiger partial charge in [0, 0.05) is 16.1 Å². The molecule has 1 atom stereocenters. The smallest absolute Gasteiger partial charge is 0.408 e. The Morgan fingerprint density at radius 3 is 2.30 bits per heavy atom. The molecule has 2 N–H and O–H groups in total. The number of rotatable bonds is 5. The van der Waals surface area contributed by atoms with Gasteiger partial charge in [0.25, 0.3) is 0 Å². The number of amides is 1. The van der Waals surface area contributed by atoms with Crippen molar-refractivity contribution in [2.75, 3.05) is 0 Å². The van der Waals surface area contributed by atoms with Crippen molar-refractivity contribution in [3.63, 3.8) is 0 Å². The van der Waals surface area contributed by atoms with Gasteiger partial charge in [-0.2, -0.15) is 0 Å². The molecule has 7 heteroatoms. The molecule has 2 aromatic rings. The lowest BCUT2D eigenvalue weighted by Gasteiger charge is -2.24. The number of hydrogen-bond donors (Lipinski definition) is 2. The van der Waals surface area contributed by atoms with Gasteiger partial charge in [0.15, 0.2) is 0 Å². The third kappa shape index (κ3) is 5.95. The number of carbonyl (C=O) groups is 2. The topological polar surface area (TPSA) is 75.6 Å². The predicted molar refractivity (Wildman–Crippen MR) is 115 cm³/mol. The van der Waals surface area contributed by atoms with Crippen molar-refractivity contribution in [3.8, 4) is 11.1 Å². The summed E-state index contributed by atoms with van der Waals surface area (Å²) in [7, 11) is 0. The van der Waals surface area contributed by atoms with Crippen LogP contribution in [0.2, 0.25) is 5.02 Å². The van der Waals surface area contributed by atoms with Crippen LogP contribution in [0.3, 0.4) is 0 Å². The van der Waals surface area contributed by atoms with Gasteiger partial charge in [-0.05, 0) is 82.0 Å². The van der Waals surface area contributed by atoms with Crippen molar-refractivity contribution in [2.45, 2.75) is 59.6 Å². The number of aryl methyl sites for hydroxylation is 3. The van der Waals surface area contributed by atoms with Gasteiger partial charge in [0.1, 0.15) is 11.4 Å².